The van der Waals surface area contributed by atoms with E-state index in [-0.39, 0.29) is 23.8 Å². The Morgan fingerprint density at radius 1 is 1.38 bits per heavy atom. The monoisotopic (exact) mass is 442 g/mol. The van der Waals surface area contributed by atoms with Gasteiger partial charge in [-0.1, -0.05) is 0 Å². The summed E-state index contributed by atoms with van der Waals surface area (Å²) in [4.78, 5) is 30.4. The number of nitrogens with zero attached hydrogens (tertiary/aromatic N) is 2. The molecule has 2 bridgehead atoms. The Hall–Kier alpha value is -0.920. The Balaban J connectivity index is 1.58. The topological polar surface area (TPSA) is 49.9 Å². The van der Waals surface area contributed by atoms with Crippen LogP contribution >= 0.6 is 27.3 Å². The van der Waals surface area contributed by atoms with Gasteiger partial charge in [0.1, 0.15) is 5.60 Å². The Labute approximate surface area is 167 Å². The lowest BCUT2D eigenvalue weighted by Crippen LogP contribution is -2.42. The van der Waals surface area contributed by atoms with Gasteiger partial charge in [-0.25, -0.2) is 0 Å². The number of esters is 1. The maximum Gasteiger partial charge on any atom is 0.311 e. The summed E-state index contributed by atoms with van der Waals surface area (Å²) in [7, 11) is 1.85. The molecule has 1 amide bonds. The molecule has 0 radical (unpaired) electrons. The zero-order valence-corrected chi connectivity index (χ0v) is 18.2. The highest BCUT2D eigenvalue weighted by Gasteiger charge is 2.50. The second-order valence-electron chi connectivity index (χ2n) is 8.33. The molecular weight excluding hydrogens is 416 g/mol. The third-order valence-electron chi connectivity index (χ3n) is 5.15. The van der Waals surface area contributed by atoms with Gasteiger partial charge in [0, 0.05) is 33.9 Å². The maximum atomic E-state index is 12.7. The van der Waals surface area contributed by atoms with Gasteiger partial charge >= 0.3 is 5.97 Å². The zero-order valence-electron chi connectivity index (χ0n) is 15.8. The smallest absolute Gasteiger partial charge is 0.311 e. The Morgan fingerprint density at radius 2 is 2.12 bits per heavy atom. The van der Waals surface area contributed by atoms with E-state index in [0.717, 1.165) is 28.6 Å². The van der Waals surface area contributed by atoms with Crippen molar-refractivity contribution in [3.8, 4) is 0 Å². The highest BCUT2D eigenvalue weighted by Crippen LogP contribution is 2.42. The van der Waals surface area contributed by atoms with Crippen LogP contribution in [0.25, 0.3) is 0 Å². The standard InChI is InChI=1S/C19H27BrN2O3S/c1-19(2,3)25-18(24)15-8-13-5-6-16(15)22(13)10-17(23)21(4)9-14-7-12(20)11-26-14/h7,11,13,15-16H,5-6,8-10H2,1-4H3/t13-,15-,16-/m0/s1. The Morgan fingerprint density at radius 3 is 2.73 bits per heavy atom. The van der Waals surface area contributed by atoms with Gasteiger partial charge in [-0.2, -0.15) is 0 Å². The van der Waals surface area contributed by atoms with E-state index >= 15 is 0 Å². The Bertz CT molecular complexity index is 685. The molecular formula is C19H27BrN2O3S. The summed E-state index contributed by atoms with van der Waals surface area (Å²) in [6.07, 6.45) is 2.86. The number of rotatable bonds is 5. The third-order valence-corrected chi connectivity index (χ3v) is 6.83. The lowest BCUT2D eigenvalue weighted by molar-refractivity contribution is -0.161. The molecule has 3 rings (SSSR count). The van der Waals surface area contributed by atoms with Gasteiger partial charge in [0.2, 0.25) is 5.91 Å². The van der Waals surface area contributed by atoms with Crippen LogP contribution in [0.15, 0.2) is 15.9 Å². The summed E-state index contributed by atoms with van der Waals surface area (Å²) < 4.78 is 6.64. The van der Waals surface area contributed by atoms with Crippen molar-refractivity contribution in [1.82, 2.24) is 9.80 Å². The first-order valence-electron chi connectivity index (χ1n) is 9.09. The first kappa shape index (κ1) is 19.8. The molecule has 3 atom stereocenters. The molecule has 7 heteroatoms. The molecule has 1 aromatic heterocycles. The van der Waals surface area contributed by atoms with Gasteiger partial charge in [0.05, 0.1) is 19.0 Å². The molecule has 1 aromatic rings. The van der Waals surface area contributed by atoms with E-state index in [4.69, 9.17) is 4.74 Å². The van der Waals surface area contributed by atoms with E-state index in [1.807, 2.05) is 39.3 Å². The van der Waals surface area contributed by atoms with Crippen LogP contribution in [0.1, 0.15) is 44.9 Å². The predicted octanol–water partition coefficient (Wildman–Crippen LogP) is 3.66. The van der Waals surface area contributed by atoms with Crippen molar-refractivity contribution in [2.45, 2.75) is 64.3 Å². The zero-order chi connectivity index (χ0) is 19.1. The molecule has 0 aromatic carbocycles. The number of hydrogen-bond donors (Lipinski definition) is 0. The summed E-state index contributed by atoms with van der Waals surface area (Å²) in [6.45, 7) is 6.71. The summed E-state index contributed by atoms with van der Waals surface area (Å²) in [5.74, 6) is -0.102. The Kier molecular flexibility index (Phi) is 5.80. The van der Waals surface area contributed by atoms with Crippen molar-refractivity contribution in [3.05, 3.63) is 20.8 Å². The fraction of sp³-hybridized carbons (Fsp3) is 0.684. The van der Waals surface area contributed by atoms with Gasteiger partial charge < -0.3 is 9.64 Å². The van der Waals surface area contributed by atoms with Gasteiger partial charge in [-0.15, -0.1) is 11.3 Å². The minimum absolute atomic E-state index is 0.0978. The van der Waals surface area contributed by atoms with Crippen LogP contribution in [0, 0.1) is 5.92 Å². The fourth-order valence-corrected chi connectivity index (χ4v) is 5.52. The van der Waals surface area contributed by atoms with Crippen LogP contribution in [0.4, 0.5) is 0 Å². The maximum absolute atomic E-state index is 12.7. The molecule has 2 saturated heterocycles. The number of ether oxygens (including phenoxy) is 1. The average Bonchev–Trinajstić information content (AvgIpc) is 3.20. The normalized spacial score (nSPS) is 25.5. The molecule has 26 heavy (non-hydrogen) atoms. The van der Waals surface area contributed by atoms with E-state index in [1.54, 1.807) is 16.2 Å². The van der Waals surface area contributed by atoms with Crippen molar-refractivity contribution in [2.24, 2.45) is 5.92 Å². The van der Waals surface area contributed by atoms with Crippen molar-refractivity contribution < 1.29 is 14.3 Å². The van der Waals surface area contributed by atoms with E-state index < -0.39 is 5.60 Å². The molecule has 0 spiro atoms. The number of fused-ring (bicyclic) bond motifs is 2. The summed E-state index contributed by atoms with van der Waals surface area (Å²) >= 11 is 5.10. The summed E-state index contributed by atoms with van der Waals surface area (Å²) in [5.41, 5.74) is -0.464. The van der Waals surface area contributed by atoms with E-state index in [2.05, 4.69) is 20.8 Å². The fourth-order valence-electron chi connectivity index (χ4n) is 4.01. The number of amides is 1. The second-order valence-corrected chi connectivity index (χ2v) is 10.2. The third kappa shape index (κ3) is 4.49. The highest BCUT2D eigenvalue weighted by atomic mass is 79.9. The highest BCUT2D eigenvalue weighted by molar-refractivity contribution is 9.10. The summed E-state index contributed by atoms with van der Waals surface area (Å²) in [6, 6.07) is 2.51. The average molecular weight is 443 g/mol. The van der Waals surface area contributed by atoms with Crippen molar-refractivity contribution in [2.75, 3.05) is 13.6 Å². The molecule has 3 heterocycles. The number of thiophene rings is 1. The van der Waals surface area contributed by atoms with Crippen LogP contribution in [-0.2, 0) is 20.9 Å². The second kappa shape index (κ2) is 7.60. The first-order valence-corrected chi connectivity index (χ1v) is 10.8. The van der Waals surface area contributed by atoms with Gasteiger partial charge in [-0.05, 0) is 62.0 Å². The largest absolute Gasteiger partial charge is 0.460 e. The quantitative estimate of drug-likeness (QED) is 0.652. The van der Waals surface area contributed by atoms with Crippen LogP contribution in [0.3, 0.4) is 0 Å². The minimum atomic E-state index is -0.464. The SMILES string of the molecule is CN(Cc1cc(Br)cs1)C(=O)CN1[C@H]2CC[C@H]1[C@@H](C(=O)OC(C)(C)C)C2. The number of likely N-dealkylation sites (N-methyl/N-ethyl adjacent to an activating group) is 1. The van der Waals surface area contributed by atoms with E-state index in [0.29, 0.717) is 19.1 Å². The van der Waals surface area contributed by atoms with Crippen molar-refractivity contribution in [3.63, 3.8) is 0 Å². The molecule has 2 fully saturated rings. The molecule has 0 saturated carbocycles. The summed E-state index contributed by atoms with van der Waals surface area (Å²) in [5, 5.41) is 2.03. The van der Waals surface area contributed by atoms with Crippen LogP contribution in [0.5, 0.6) is 0 Å². The number of halogens is 1. The van der Waals surface area contributed by atoms with Crippen molar-refractivity contribution >= 4 is 39.1 Å². The molecule has 144 valence electrons. The number of carbonyl (C=O) groups is 2. The molecule has 0 unspecified atom stereocenters. The number of carbonyl (C=O) groups excluding carboxylic acids is 2. The minimum Gasteiger partial charge on any atom is -0.460 e. The first-order chi connectivity index (χ1) is 12.1. The van der Waals surface area contributed by atoms with Crippen LogP contribution in [0.2, 0.25) is 0 Å². The lowest BCUT2D eigenvalue weighted by Gasteiger charge is -2.27. The predicted molar refractivity (Wildman–Crippen MR) is 106 cm³/mol. The van der Waals surface area contributed by atoms with Crippen LogP contribution in [-0.4, -0.2) is 53.0 Å². The van der Waals surface area contributed by atoms with E-state index in [1.165, 1.54) is 0 Å². The van der Waals surface area contributed by atoms with Gasteiger partial charge in [0.25, 0.3) is 0 Å². The molecule has 5 nitrogen and oxygen atoms in total. The van der Waals surface area contributed by atoms with E-state index in [9.17, 15) is 9.59 Å². The number of hydrogen-bond acceptors (Lipinski definition) is 5. The van der Waals surface area contributed by atoms with Crippen molar-refractivity contribution in [1.29, 1.82) is 0 Å². The molecule has 0 N–H and O–H groups in total. The molecule has 2 aliphatic heterocycles. The molecule has 2 aliphatic rings. The van der Waals surface area contributed by atoms with Gasteiger partial charge in [0.15, 0.2) is 0 Å². The lowest BCUT2D eigenvalue weighted by atomic mass is 9.89. The van der Waals surface area contributed by atoms with Crippen LogP contribution < -0.4 is 0 Å². The molecule has 0 aliphatic carbocycles. The van der Waals surface area contributed by atoms with Gasteiger partial charge in [-0.3, -0.25) is 14.5 Å².